The molecule has 0 atom stereocenters. The fourth-order valence-electron chi connectivity index (χ4n) is 0.918. The third-order valence-corrected chi connectivity index (χ3v) is 1.69. The zero-order chi connectivity index (χ0) is 10.4. The molecule has 0 N–H and O–H groups in total. The summed E-state index contributed by atoms with van der Waals surface area (Å²) in [6, 6.07) is 6.88. The third-order valence-electron chi connectivity index (χ3n) is 1.69. The van der Waals surface area contributed by atoms with Crippen LogP contribution in [0.15, 0.2) is 30.3 Å². The molecule has 0 heterocycles. The van der Waals surface area contributed by atoms with E-state index in [0.717, 1.165) is 11.8 Å². The largest absolute Gasteiger partial charge is 0.466 e. The normalized spacial score (nSPS) is 9.40. The lowest BCUT2D eigenvalue weighted by Crippen LogP contribution is -1.93. The van der Waals surface area contributed by atoms with Gasteiger partial charge in [0.05, 0.1) is 7.11 Å². The number of carbonyl (C=O) groups is 2. The molecule has 0 aliphatic heterocycles. The number of ether oxygens (including phenoxy) is 1. The van der Waals surface area contributed by atoms with Crippen molar-refractivity contribution in [2.45, 2.75) is 0 Å². The molecule has 1 rings (SSSR count). The number of esters is 1. The van der Waals surface area contributed by atoms with E-state index in [0.29, 0.717) is 5.56 Å². The molecule has 4 heteroatoms. The zero-order valence-electron chi connectivity index (χ0n) is 8.17. The number of hydrogen-bond acceptors (Lipinski definition) is 3. The lowest BCUT2D eigenvalue weighted by atomic mass is 10.1. The number of rotatable bonds is 3. The minimum absolute atomic E-state index is 0. The average molecular weight is 227 g/mol. The first kappa shape index (κ1) is 13.4. The molecular formula is C11H11ClO3. The summed E-state index contributed by atoms with van der Waals surface area (Å²) in [7, 11) is 1.32. The molecule has 0 radical (unpaired) electrons. The zero-order valence-corrected chi connectivity index (χ0v) is 8.99. The quantitative estimate of drug-likeness (QED) is 0.450. The van der Waals surface area contributed by atoms with Gasteiger partial charge in [-0.25, -0.2) is 4.79 Å². The second-order valence-electron chi connectivity index (χ2n) is 2.64. The predicted molar refractivity (Wildman–Crippen MR) is 60.1 cm³/mol. The van der Waals surface area contributed by atoms with E-state index in [-0.39, 0.29) is 12.4 Å². The van der Waals surface area contributed by atoms with Crippen molar-refractivity contribution >= 4 is 30.7 Å². The van der Waals surface area contributed by atoms with Gasteiger partial charge in [-0.15, -0.1) is 12.4 Å². The molecule has 0 aromatic heterocycles. The highest BCUT2D eigenvalue weighted by Gasteiger charge is 1.92. The molecule has 0 fully saturated rings. The van der Waals surface area contributed by atoms with Crippen LogP contribution in [0.4, 0.5) is 0 Å². The minimum Gasteiger partial charge on any atom is -0.466 e. The molecule has 15 heavy (non-hydrogen) atoms. The summed E-state index contributed by atoms with van der Waals surface area (Å²) in [4.78, 5) is 21.1. The van der Waals surface area contributed by atoms with Crippen molar-refractivity contribution in [3.63, 3.8) is 0 Å². The topological polar surface area (TPSA) is 43.4 Å². The summed E-state index contributed by atoms with van der Waals surface area (Å²) >= 11 is 0. The highest BCUT2D eigenvalue weighted by molar-refractivity contribution is 5.87. The van der Waals surface area contributed by atoms with E-state index < -0.39 is 5.97 Å². The summed E-state index contributed by atoms with van der Waals surface area (Å²) in [6.45, 7) is 0. The van der Waals surface area contributed by atoms with Gasteiger partial charge in [0, 0.05) is 11.6 Å². The maximum atomic E-state index is 10.7. The maximum Gasteiger partial charge on any atom is 0.330 e. The Morgan fingerprint density at radius 2 is 1.73 bits per heavy atom. The third kappa shape index (κ3) is 4.42. The predicted octanol–water partition coefficient (Wildman–Crippen LogP) is 2.11. The van der Waals surface area contributed by atoms with Crippen LogP contribution in [0, 0.1) is 0 Å². The van der Waals surface area contributed by atoms with Crippen LogP contribution in [-0.4, -0.2) is 19.4 Å². The lowest BCUT2D eigenvalue weighted by Gasteiger charge is -1.93. The van der Waals surface area contributed by atoms with E-state index in [9.17, 15) is 9.59 Å². The first-order chi connectivity index (χ1) is 6.76. The Balaban J connectivity index is 0.00000196. The standard InChI is InChI=1S/C11H10O3.ClH/c1-14-11(13)7-6-9-2-4-10(8-12)5-3-9;/h2-8H,1H3;1H/b7-6+;. The van der Waals surface area contributed by atoms with Gasteiger partial charge in [-0.2, -0.15) is 0 Å². The van der Waals surface area contributed by atoms with Gasteiger partial charge in [0.1, 0.15) is 6.29 Å². The van der Waals surface area contributed by atoms with E-state index in [1.807, 2.05) is 0 Å². The molecular weight excluding hydrogens is 216 g/mol. The van der Waals surface area contributed by atoms with Gasteiger partial charge >= 0.3 is 5.97 Å². The fraction of sp³-hybridized carbons (Fsp3) is 0.0909. The molecule has 0 saturated heterocycles. The van der Waals surface area contributed by atoms with Gasteiger partial charge in [-0.05, 0) is 11.6 Å². The second kappa shape index (κ2) is 6.79. The smallest absolute Gasteiger partial charge is 0.330 e. The molecule has 1 aromatic carbocycles. The van der Waals surface area contributed by atoms with Crippen molar-refractivity contribution in [2.75, 3.05) is 7.11 Å². The monoisotopic (exact) mass is 226 g/mol. The van der Waals surface area contributed by atoms with E-state index in [1.54, 1.807) is 30.3 Å². The number of benzene rings is 1. The molecule has 0 bridgehead atoms. The van der Waals surface area contributed by atoms with Crippen LogP contribution in [0.3, 0.4) is 0 Å². The number of halogens is 1. The van der Waals surface area contributed by atoms with Crippen LogP contribution in [0.1, 0.15) is 15.9 Å². The summed E-state index contributed by atoms with van der Waals surface area (Å²) < 4.78 is 4.43. The van der Waals surface area contributed by atoms with Crippen LogP contribution in [0.5, 0.6) is 0 Å². The Morgan fingerprint density at radius 3 is 2.20 bits per heavy atom. The van der Waals surface area contributed by atoms with E-state index in [2.05, 4.69) is 4.74 Å². The van der Waals surface area contributed by atoms with Crippen LogP contribution >= 0.6 is 12.4 Å². The van der Waals surface area contributed by atoms with Crippen molar-refractivity contribution in [3.05, 3.63) is 41.5 Å². The number of carbonyl (C=O) groups excluding carboxylic acids is 2. The molecule has 0 amide bonds. The number of methoxy groups -OCH3 is 1. The van der Waals surface area contributed by atoms with E-state index in [1.165, 1.54) is 13.2 Å². The second-order valence-corrected chi connectivity index (χ2v) is 2.64. The molecule has 0 saturated carbocycles. The number of hydrogen-bond donors (Lipinski definition) is 0. The van der Waals surface area contributed by atoms with Gasteiger partial charge < -0.3 is 4.74 Å². The molecule has 1 aromatic rings. The molecule has 3 nitrogen and oxygen atoms in total. The van der Waals surface area contributed by atoms with Crippen LogP contribution < -0.4 is 0 Å². The van der Waals surface area contributed by atoms with Crippen molar-refractivity contribution in [1.82, 2.24) is 0 Å². The van der Waals surface area contributed by atoms with Crippen LogP contribution in [0.25, 0.3) is 6.08 Å². The van der Waals surface area contributed by atoms with Crippen LogP contribution in [0.2, 0.25) is 0 Å². The SMILES string of the molecule is COC(=O)/C=C/c1ccc(C=O)cc1.Cl. The van der Waals surface area contributed by atoms with Gasteiger partial charge in [-0.3, -0.25) is 4.79 Å². The van der Waals surface area contributed by atoms with Crippen LogP contribution in [-0.2, 0) is 9.53 Å². The van der Waals surface area contributed by atoms with Crippen molar-refractivity contribution in [2.24, 2.45) is 0 Å². The van der Waals surface area contributed by atoms with Gasteiger partial charge in [-0.1, -0.05) is 24.3 Å². The van der Waals surface area contributed by atoms with Gasteiger partial charge in [0.2, 0.25) is 0 Å². The lowest BCUT2D eigenvalue weighted by molar-refractivity contribution is -0.134. The molecule has 0 aliphatic carbocycles. The highest BCUT2D eigenvalue weighted by Crippen LogP contribution is 2.04. The van der Waals surface area contributed by atoms with Crippen molar-refractivity contribution in [3.8, 4) is 0 Å². The Morgan fingerprint density at radius 1 is 1.20 bits per heavy atom. The summed E-state index contributed by atoms with van der Waals surface area (Å²) in [5.74, 6) is -0.399. The molecule has 0 aliphatic rings. The first-order valence-electron chi connectivity index (χ1n) is 4.07. The maximum absolute atomic E-state index is 10.7. The molecule has 0 unspecified atom stereocenters. The molecule has 80 valence electrons. The Hall–Kier alpha value is -1.61. The van der Waals surface area contributed by atoms with Crippen molar-refractivity contribution in [1.29, 1.82) is 0 Å². The average Bonchev–Trinajstić information content (AvgIpc) is 2.26. The minimum atomic E-state index is -0.399. The fourth-order valence-corrected chi connectivity index (χ4v) is 0.918. The Bertz CT molecular complexity index is 355. The van der Waals surface area contributed by atoms with Gasteiger partial charge in [0.15, 0.2) is 0 Å². The summed E-state index contributed by atoms with van der Waals surface area (Å²) in [6.07, 6.45) is 3.73. The first-order valence-corrected chi connectivity index (χ1v) is 4.07. The van der Waals surface area contributed by atoms with E-state index in [4.69, 9.17) is 0 Å². The van der Waals surface area contributed by atoms with Gasteiger partial charge in [0.25, 0.3) is 0 Å². The Kier molecular flexibility index (Phi) is 6.06. The number of aldehydes is 1. The van der Waals surface area contributed by atoms with Crippen molar-refractivity contribution < 1.29 is 14.3 Å². The van der Waals surface area contributed by atoms with E-state index >= 15 is 0 Å². The molecule has 0 spiro atoms. The summed E-state index contributed by atoms with van der Waals surface area (Å²) in [5.41, 5.74) is 1.46. The highest BCUT2D eigenvalue weighted by atomic mass is 35.5. The summed E-state index contributed by atoms with van der Waals surface area (Å²) in [5, 5.41) is 0. The Labute approximate surface area is 94.2 Å².